The van der Waals surface area contributed by atoms with Crippen LogP contribution in [-0.4, -0.2) is 42.0 Å². The lowest BCUT2D eigenvalue weighted by molar-refractivity contribution is 0.180. The number of hydrogen-bond acceptors (Lipinski definition) is 3. The second-order valence-corrected chi connectivity index (χ2v) is 2.32. The summed E-state index contributed by atoms with van der Waals surface area (Å²) in [5.41, 5.74) is 0. The van der Waals surface area contributed by atoms with Crippen LogP contribution in [0, 0.1) is 0 Å². The molecule has 9 heavy (non-hydrogen) atoms. The predicted molar refractivity (Wildman–Crippen MR) is 32.8 cm³/mol. The summed E-state index contributed by atoms with van der Waals surface area (Å²) in [5, 5.41) is 8.95. The van der Waals surface area contributed by atoms with E-state index in [1.165, 1.54) is 0 Å². The molecular formula is C6H10NO2. The fourth-order valence-electron chi connectivity index (χ4n) is 1.05. The van der Waals surface area contributed by atoms with Crippen LogP contribution in [-0.2, 0) is 4.79 Å². The number of β-amino-alcohol motifs (C(OH)–C–C–N with tert-alkyl or cyclic N) is 1. The molecule has 51 valence electrons. The van der Waals surface area contributed by atoms with Crippen LogP contribution in [0.3, 0.4) is 0 Å². The highest BCUT2D eigenvalue weighted by molar-refractivity contribution is 5.53. The van der Waals surface area contributed by atoms with Crippen molar-refractivity contribution < 1.29 is 9.90 Å². The standard InChI is InChI=1S/C6H10NO2/c8-4-3-7-2-1-6(9)5-7/h6,9H,1-3,5H2/t6-/m0/s1. The summed E-state index contributed by atoms with van der Waals surface area (Å²) < 4.78 is 0. The lowest BCUT2D eigenvalue weighted by Crippen LogP contribution is -2.23. The van der Waals surface area contributed by atoms with Crippen molar-refractivity contribution in [1.82, 2.24) is 4.90 Å². The molecule has 1 N–H and O–H groups in total. The molecule has 1 fully saturated rings. The maximum Gasteiger partial charge on any atom is 0.213 e. The SMILES string of the molecule is O=[C]CN1CC[C@H](O)C1. The highest BCUT2D eigenvalue weighted by Crippen LogP contribution is 2.06. The van der Waals surface area contributed by atoms with Crippen molar-refractivity contribution in [3.63, 3.8) is 0 Å². The van der Waals surface area contributed by atoms with Gasteiger partial charge in [0, 0.05) is 13.1 Å². The maximum absolute atomic E-state index is 9.82. The maximum atomic E-state index is 9.82. The lowest BCUT2D eigenvalue weighted by Gasteiger charge is -2.07. The van der Waals surface area contributed by atoms with Crippen LogP contribution < -0.4 is 0 Å². The quantitative estimate of drug-likeness (QED) is 0.527. The van der Waals surface area contributed by atoms with Gasteiger partial charge in [-0.3, -0.25) is 9.69 Å². The first-order valence-corrected chi connectivity index (χ1v) is 3.08. The van der Waals surface area contributed by atoms with E-state index in [0.717, 1.165) is 13.0 Å². The zero-order valence-electron chi connectivity index (χ0n) is 5.21. The van der Waals surface area contributed by atoms with E-state index in [0.29, 0.717) is 13.1 Å². The Morgan fingerprint density at radius 2 is 2.56 bits per heavy atom. The van der Waals surface area contributed by atoms with Gasteiger partial charge in [0.1, 0.15) is 0 Å². The van der Waals surface area contributed by atoms with E-state index in [1.54, 1.807) is 6.29 Å². The van der Waals surface area contributed by atoms with Crippen LogP contribution in [0.25, 0.3) is 0 Å². The van der Waals surface area contributed by atoms with Crippen molar-refractivity contribution in [2.45, 2.75) is 12.5 Å². The van der Waals surface area contributed by atoms with Crippen molar-refractivity contribution in [2.24, 2.45) is 0 Å². The molecule has 1 saturated heterocycles. The molecule has 1 atom stereocenters. The molecule has 0 aliphatic carbocycles. The Morgan fingerprint density at radius 3 is 3.00 bits per heavy atom. The first-order valence-electron chi connectivity index (χ1n) is 3.08. The molecule has 1 heterocycles. The topological polar surface area (TPSA) is 40.5 Å². The van der Waals surface area contributed by atoms with Gasteiger partial charge >= 0.3 is 0 Å². The predicted octanol–water partition coefficient (Wildman–Crippen LogP) is -0.837. The molecule has 1 radical (unpaired) electrons. The van der Waals surface area contributed by atoms with Gasteiger partial charge in [-0.15, -0.1) is 0 Å². The van der Waals surface area contributed by atoms with Crippen LogP contribution in [0.4, 0.5) is 0 Å². The van der Waals surface area contributed by atoms with Gasteiger partial charge < -0.3 is 5.11 Å². The molecule has 0 spiro atoms. The van der Waals surface area contributed by atoms with Crippen LogP contribution in [0.1, 0.15) is 6.42 Å². The molecule has 0 bridgehead atoms. The second kappa shape index (κ2) is 2.94. The molecule has 1 aliphatic rings. The van der Waals surface area contributed by atoms with Gasteiger partial charge in [0.05, 0.1) is 12.6 Å². The average molecular weight is 128 g/mol. The molecule has 0 amide bonds. The van der Waals surface area contributed by atoms with Crippen LogP contribution >= 0.6 is 0 Å². The Kier molecular flexibility index (Phi) is 2.19. The summed E-state index contributed by atoms with van der Waals surface area (Å²) in [4.78, 5) is 11.7. The molecule has 1 aliphatic heterocycles. The highest BCUT2D eigenvalue weighted by Gasteiger charge is 2.18. The second-order valence-electron chi connectivity index (χ2n) is 2.32. The molecule has 0 unspecified atom stereocenters. The first-order chi connectivity index (χ1) is 4.33. The van der Waals surface area contributed by atoms with Crippen molar-refractivity contribution >= 4 is 6.29 Å². The van der Waals surface area contributed by atoms with Gasteiger partial charge in [-0.1, -0.05) is 0 Å². The molecule has 0 aromatic carbocycles. The minimum absolute atomic E-state index is 0.224. The third-order valence-electron chi connectivity index (χ3n) is 1.54. The van der Waals surface area contributed by atoms with E-state index in [1.807, 2.05) is 4.90 Å². The number of rotatable bonds is 2. The van der Waals surface area contributed by atoms with Gasteiger partial charge in [0.15, 0.2) is 0 Å². The van der Waals surface area contributed by atoms with Crippen molar-refractivity contribution in [3.05, 3.63) is 0 Å². The molecule has 1 rings (SSSR count). The minimum Gasteiger partial charge on any atom is -0.392 e. The van der Waals surface area contributed by atoms with E-state index < -0.39 is 0 Å². The normalized spacial score (nSPS) is 28.8. The number of likely N-dealkylation sites (tertiary alicyclic amines) is 1. The average Bonchev–Trinajstić information content (AvgIpc) is 2.17. The third kappa shape index (κ3) is 1.77. The van der Waals surface area contributed by atoms with E-state index in [4.69, 9.17) is 5.11 Å². The Morgan fingerprint density at radius 1 is 1.78 bits per heavy atom. The van der Waals surface area contributed by atoms with E-state index in [2.05, 4.69) is 0 Å². The molecule has 0 aromatic rings. The smallest absolute Gasteiger partial charge is 0.213 e. The van der Waals surface area contributed by atoms with Crippen LogP contribution in [0.15, 0.2) is 0 Å². The molecule has 3 heteroatoms. The van der Waals surface area contributed by atoms with Crippen molar-refractivity contribution in [1.29, 1.82) is 0 Å². The lowest BCUT2D eigenvalue weighted by atomic mass is 10.3. The van der Waals surface area contributed by atoms with E-state index >= 15 is 0 Å². The fourth-order valence-corrected chi connectivity index (χ4v) is 1.05. The minimum atomic E-state index is -0.224. The van der Waals surface area contributed by atoms with Crippen molar-refractivity contribution in [2.75, 3.05) is 19.6 Å². The van der Waals surface area contributed by atoms with Gasteiger partial charge in [0.25, 0.3) is 0 Å². The number of aliphatic hydroxyl groups is 1. The summed E-state index contributed by atoms with van der Waals surface area (Å²) in [6.07, 6.45) is 2.36. The number of hydrogen-bond donors (Lipinski definition) is 1. The highest BCUT2D eigenvalue weighted by atomic mass is 16.3. The summed E-state index contributed by atoms with van der Waals surface area (Å²) in [7, 11) is 0. The van der Waals surface area contributed by atoms with Crippen LogP contribution in [0.2, 0.25) is 0 Å². The summed E-state index contributed by atoms with van der Waals surface area (Å²) >= 11 is 0. The Labute approximate surface area is 54.3 Å². The molecular weight excluding hydrogens is 118 g/mol. The van der Waals surface area contributed by atoms with Crippen molar-refractivity contribution in [3.8, 4) is 0 Å². The Bertz CT molecular complexity index is 105. The van der Waals surface area contributed by atoms with Gasteiger partial charge in [0.2, 0.25) is 6.29 Å². The van der Waals surface area contributed by atoms with Crippen LogP contribution in [0.5, 0.6) is 0 Å². The Hall–Kier alpha value is -0.410. The Balaban J connectivity index is 2.21. The molecule has 0 aromatic heterocycles. The van der Waals surface area contributed by atoms with E-state index in [9.17, 15) is 4.79 Å². The third-order valence-corrected chi connectivity index (χ3v) is 1.54. The van der Waals surface area contributed by atoms with E-state index in [-0.39, 0.29) is 6.10 Å². The fraction of sp³-hybridized carbons (Fsp3) is 0.833. The zero-order valence-corrected chi connectivity index (χ0v) is 5.21. The van der Waals surface area contributed by atoms with Gasteiger partial charge in [-0.2, -0.15) is 0 Å². The molecule has 0 saturated carbocycles. The largest absolute Gasteiger partial charge is 0.392 e. The summed E-state index contributed by atoms with van der Waals surface area (Å²) in [6.45, 7) is 1.81. The summed E-state index contributed by atoms with van der Waals surface area (Å²) in [6, 6.07) is 0. The monoisotopic (exact) mass is 128 g/mol. The van der Waals surface area contributed by atoms with Gasteiger partial charge in [-0.25, -0.2) is 0 Å². The molecule has 3 nitrogen and oxygen atoms in total. The number of aliphatic hydroxyl groups excluding tert-OH is 1. The zero-order chi connectivity index (χ0) is 6.69. The van der Waals surface area contributed by atoms with Gasteiger partial charge in [-0.05, 0) is 6.42 Å². The first kappa shape index (κ1) is 6.71. The summed E-state index contributed by atoms with van der Waals surface area (Å²) in [5.74, 6) is 0. The number of nitrogens with zero attached hydrogens (tertiary/aromatic N) is 1. The number of carbonyl (C=O) groups excluding carboxylic acids is 1.